The normalized spacial score (nSPS) is 11.9. The Balaban J connectivity index is 4.09. The predicted molar refractivity (Wildman–Crippen MR) is 54.6 cm³/mol. The Hall–Kier alpha value is -1.10. The van der Waals surface area contributed by atoms with Crippen LogP contribution in [0, 0.1) is 0 Å². The monoisotopic (exact) mass is 201 g/mol. The van der Waals surface area contributed by atoms with Crippen molar-refractivity contribution in [2.45, 2.75) is 32.2 Å². The first kappa shape index (κ1) is 12.9. The number of carbonyl (C=O) groups is 2. The maximum Gasteiger partial charge on any atom is 0.242 e. The smallest absolute Gasteiger partial charge is 0.242 e. The molecule has 0 bridgehead atoms. The molecule has 5 heteroatoms. The van der Waals surface area contributed by atoms with Crippen molar-refractivity contribution >= 4 is 11.8 Å². The standard InChI is InChI=1S/C9H19N3O2/c1-3-4-5-7(9(14)11-2)12-8(13)6-10/h7H,3-6,10H2,1-2H3,(H,11,14)(H,12,13). The second-order valence-corrected chi connectivity index (χ2v) is 3.08. The van der Waals surface area contributed by atoms with Crippen molar-refractivity contribution in [1.29, 1.82) is 0 Å². The predicted octanol–water partition coefficient (Wildman–Crippen LogP) is -0.634. The summed E-state index contributed by atoms with van der Waals surface area (Å²) in [6, 6.07) is -0.448. The van der Waals surface area contributed by atoms with Gasteiger partial charge in [-0.1, -0.05) is 19.8 Å². The molecule has 82 valence electrons. The van der Waals surface area contributed by atoms with E-state index < -0.39 is 6.04 Å². The molecule has 5 nitrogen and oxygen atoms in total. The first-order valence-corrected chi connectivity index (χ1v) is 4.86. The zero-order chi connectivity index (χ0) is 11.0. The number of nitrogens with two attached hydrogens (primary N) is 1. The lowest BCUT2D eigenvalue weighted by molar-refractivity contribution is -0.128. The minimum atomic E-state index is -0.448. The summed E-state index contributed by atoms with van der Waals surface area (Å²) in [5, 5.41) is 5.09. The van der Waals surface area contributed by atoms with Crippen molar-refractivity contribution in [2.75, 3.05) is 13.6 Å². The molecule has 0 rings (SSSR count). The van der Waals surface area contributed by atoms with Crippen molar-refractivity contribution in [2.24, 2.45) is 5.73 Å². The fourth-order valence-electron chi connectivity index (χ4n) is 1.10. The van der Waals surface area contributed by atoms with E-state index in [0.717, 1.165) is 12.8 Å². The van der Waals surface area contributed by atoms with Gasteiger partial charge in [0, 0.05) is 7.05 Å². The molecule has 0 aromatic heterocycles. The summed E-state index contributed by atoms with van der Waals surface area (Å²) in [6.45, 7) is 1.95. The second-order valence-electron chi connectivity index (χ2n) is 3.08. The van der Waals surface area contributed by atoms with E-state index in [4.69, 9.17) is 5.73 Å². The molecule has 0 aliphatic rings. The van der Waals surface area contributed by atoms with Gasteiger partial charge in [-0.25, -0.2) is 0 Å². The molecule has 0 aliphatic carbocycles. The Morgan fingerprint density at radius 1 is 1.43 bits per heavy atom. The molecule has 2 amide bonds. The average Bonchev–Trinajstić information content (AvgIpc) is 2.22. The SMILES string of the molecule is CCCCC(NC(=O)CN)C(=O)NC. The molecule has 0 spiro atoms. The largest absolute Gasteiger partial charge is 0.357 e. The molecule has 0 aliphatic heterocycles. The quantitative estimate of drug-likeness (QED) is 0.535. The van der Waals surface area contributed by atoms with Crippen LogP contribution >= 0.6 is 0 Å². The number of rotatable bonds is 6. The Labute approximate surface area is 84.4 Å². The number of unbranched alkanes of at least 4 members (excludes halogenated alkanes) is 1. The molecule has 0 heterocycles. The molecule has 4 N–H and O–H groups in total. The van der Waals surface area contributed by atoms with Crippen molar-refractivity contribution in [3.05, 3.63) is 0 Å². The molecule has 0 aromatic rings. The van der Waals surface area contributed by atoms with Crippen molar-refractivity contribution < 1.29 is 9.59 Å². The van der Waals surface area contributed by atoms with E-state index in [9.17, 15) is 9.59 Å². The molecule has 1 atom stereocenters. The lowest BCUT2D eigenvalue weighted by Gasteiger charge is -2.16. The zero-order valence-corrected chi connectivity index (χ0v) is 8.80. The van der Waals surface area contributed by atoms with Crippen LogP contribution in [0.2, 0.25) is 0 Å². The van der Waals surface area contributed by atoms with Crippen LogP contribution in [0.1, 0.15) is 26.2 Å². The summed E-state index contributed by atoms with van der Waals surface area (Å²) in [5.74, 6) is -0.463. The Bertz CT molecular complexity index is 194. The van der Waals surface area contributed by atoms with E-state index in [1.54, 1.807) is 7.05 Å². The minimum absolute atomic E-state index is 0.0837. The van der Waals surface area contributed by atoms with Crippen LogP contribution in [0.5, 0.6) is 0 Å². The lowest BCUT2D eigenvalue weighted by atomic mass is 10.1. The van der Waals surface area contributed by atoms with Gasteiger partial charge in [0.1, 0.15) is 6.04 Å². The van der Waals surface area contributed by atoms with E-state index in [2.05, 4.69) is 10.6 Å². The van der Waals surface area contributed by atoms with Crippen LogP contribution in [0.25, 0.3) is 0 Å². The molecule has 0 fully saturated rings. The van der Waals surface area contributed by atoms with Gasteiger partial charge in [0.15, 0.2) is 0 Å². The number of hydrogen-bond acceptors (Lipinski definition) is 3. The lowest BCUT2D eigenvalue weighted by Crippen LogP contribution is -2.47. The third kappa shape index (κ3) is 4.81. The van der Waals surface area contributed by atoms with Crippen LogP contribution in [-0.4, -0.2) is 31.4 Å². The van der Waals surface area contributed by atoms with Gasteiger partial charge < -0.3 is 16.4 Å². The molecule has 0 aromatic carbocycles. The van der Waals surface area contributed by atoms with Gasteiger partial charge >= 0.3 is 0 Å². The molecule has 1 unspecified atom stereocenters. The Morgan fingerprint density at radius 2 is 2.07 bits per heavy atom. The molecule has 0 saturated heterocycles. The number of carbonyl (C=O) groups excluding carboxylic acids is 2. The van der Waals surface area contributed by atoms with Gasteiger partial charge in [0.2, 0.25) is 11.8 Å². The maximum absolute atomic E-state index is 11.3. The summed E-state index contributed by atoms with van der Waals surface area (Å²) in [6.07, 6.45) is 2.55. The van der Waals surface area contributed by atoms with Gasteiger partial charge in [-0.05, 0) is 6.42 Å². The highest BCUT2D eigenvalue weighted by Crippen LogP contribution is 2.00. The number of nitrogens with one attached hydrogen (secondary N) is 2. The van der Waals surface area contributed by atoms with Crippen LogP contribution in [0.15, 0.2) is 0 Å². The fraction of sp³-hybridized carbons (Fsp3) is 0.778. The van der Waals surface area contributed by atoms with Gasteiger partial charge in [0.25, 0.3) is 0 Å². The summed E-state index contributed by atoms with van der Waals surface area (Å²) in [7, 11) is 1.55. The highest BCUT2D eigenvalue weighted by atomic mass is 16.2. The van der Waals surface area contributed by atoms with Crippen molar-refractivity contribution in [3.8, 4) is 0 Å². The van der Waals surface area contributed by atoms with E-state index >= 15 is 0 Å². The zero-order valence-electron chi connectivity index (χ0n) is 8.80. The third-order valence-corrected chi connectivity index (χ3v) is 1.93. The summed E-state index contributed by atoms with van der Waals surface area (Å²) in [5.41, 5.74) is 5.15. The van der Waals surface area contributed by atoms with Crippen LogP contribution < -0.4 is 16.4 Å². The topological polar surface area (TPSA) is 84.2 Å². The molecule has 0 saturated carbocycles. The van der Waals surface area contributed by atoms with Gasteiger partial charge in [-0.15, -0.1) is 0 Å². The van der Waals surface area contributed by atoms with Crippen LogP contribution in [0.4, 0.5) is 0 Å². The molecular formula is C9H19N3O2. The second kappa shape index (κ2) is 7.32. The Kier molecular flexibility index (Phi) is 6.74. The fourth-order valence-corrected chi connectivity index (χ4v) is 1.10. The van der Waals surface area contributed by atoms with Crippen LogP contribution in [0.3, 0.4) is 0 Å². The maximum atomic E-state index is 11.3. The van der Waals surface area contributed by atoms with Crippen molar-refractivity contribution in [3.63, 3.8) is 0 Å². The molecule has 0 radical (unpaired) electrons. The van der Waals surface area contributed by atoms with E-state index in [-0.39, 0.29) is 18.4 Å². The molecular weight excluding hydrogens is 182 g/mol. The third-order valence-electron chi connectivity index (χ3n) is 1.93. The summed E-state index contributed by atoms with van der Waals surface area (Å²) < 4.78 is 0. The van der Waals surface area contributed by atoms with E-state index in [1.807, 2.05) is 6.92 Å². The average molecular weight is 201 g/mol. The Morgan fingerprint density at radius 3 is 2.50 bits per heavy atom. The number of hydrogen-bond donors (Lipinski definition) is 3. The highest BCUT2D eigenvalue weighted by molar-refractivity contribution is 5.87. The van der Waals surface area contributed by atoms with E-state index in [1.165, 1.54) is 0 Å². The summed E-state index contributed by atoms with van der Waals surface area (Å²) in [4.78, 5) is 22.3. The molecule has 14 heavy (non-hydrogen) atoms. The summed E-state index contributed by atoms with van der Waals surface area (Å²) >= 11 is 0. The van der Waals surface area contributed by atoms with Gasteiger partial charge in [-0.2, -0.15) is 0 Å². The van der Waals surface area contributed by atoms with Gasteiger partial charge in [0.05, 0.1) is 6.54 Å². The van der Waals surface area contributed by atoms with E-state index in [0.29, 0.717) is 6.42 Å². The van der Waals surface area contributed by atoms with Gasteiger partial charge in [-0.3, -0.25) is 9.59 Å². The number of amides is 2. The first-order valence-electron chi connectivity index (χ1n) is 4.86. The minimum Gasteiger partial charge on any atom is -0.357 e. The van der Waals surface area contributed by atoms with Crippen LogP contribution in [-0.2, 0) is 9.59 Å². The number of likely N-dealkylation sites (N-methyl/N-ethyl adjacent to an activating group) is 1. The highest BCUT2D eigenvalue weighted by Gasteiger charge is 2.17. The first-order chi connectivity index (χ1) is 6.65. The van der Waals surface area contributed by atoms with Crippen molar-refractivity contribution in [1.82, 2.24) is 10.6 Å².